The second kappa shape index (κ2) is 11.4. The topological polar surface area (TPSA) is 72.8 Å². The zero-order valence-electron chi connectivity index (χ0n) is 14.7. The molecule has 0 heterocycles. The summed E-state index contributed by atoms with van der Waals surface area (Å²) in [5.41, 5.74) is 1.23. The fourth-order valence-corrected chi connectivity index (χ4v) is 4.13. The Morgan fingerprint density at radius 2 is 2.08 bits per heavy atom. The molecule has 0 saturated carbocycles. The third-order valence-electron chi connectivity index (χ3n) is 4.04. The second-order valence-corrected chi connectivity index (χ2v) is 7.25. The van der Waals surface area contributed by atoms with E-state index in [4.69, 9.17) is 14.6 Å². The van der Waals surface area contributed by atoms with Crippen LogP contribution in [-0.4, -0.2) is 42.0 Å². The molecule has 0 saturated heterocycles. The summed E-state index contributed by atoms with van der Waals surface area (Å²) >= 11 is 1.37. The average Bonchev–Trinajstić information content (AvgIpc) is 2.53. The van der Waals surface area contributed by atoms with Gasteiger partial charge in [0.15, 0.2) is 11.4 Å². The average molecular weight is 356 g/mol. The summed E-state index contributed by atoms with van der Waals surface area (Å²) in [6.07, 6.45) is 10.2. The number of hydrogen-bond acceptors (Lipinski definition) is 5. The molecule has 1 rings (SSSR count). The van der Waals surface area contributed by atoms with Crippen molar-refractivity contribution in [3.8, 4) is 0 Å². The molecule has 1 aliphatic carbocycles. The minimum absolute atomic E-state index is 0.0475. The molecule has 0 amide bonds. The van der Waals surface area contributed by atoms with Gasteiger partial charge in [0, 0.05) is 38.7 Å². The predicted molar refractivity (Wildman–Crippen MR) is 95.9 cm³/mol. The van der Waals surface area contributed by atoms with Crippen LogP contribution in [0.1, 0.15) is 45.4 Å². The number of hydrogen-bond donors (Lipinski definition) is 1. The summed E-state index contributed by atoms with van der Waals surface area (Å²) in [4.78, 5) is 22.0. The summed E-state index contributed by atoms with van der Waals surface area (Å²) in [6, 6.07) is 0. The first-order chi connectivity index (χ1) is 11.5. The van der Waals surface area contributed by atoms with Crippen molar-refractivity contribution in [1.82, 2.24) is 0 Å². The number of carboxylic acids is 1. The number of ether oxygens (including phenoxy) is 2. The number of carbonyl (C=O) groups excluding carboxylic acids is 1. The van der Waals surface area contributed by atoms with Gasteiger partial charge < -0.3 is 14.6 Å². The van der Waals surface area contributed by atoms with Gasteiger partial charge in [-0.3, -0.25) is 9.59 Å². The van der Waals surface area contributed by atoms with Crippen LogP contribution >= 0.6 is 11.8 Å². The smallest absolute Gasteiger partial charge is 0.303 e. The maximum Gasteiger partial charge on any atom is 0.303 e. The van der Waals surface area contributed by atoms with Crippen LogP contribution in [0.15, 0.2) is 23.8 Å². The highest BCUT2D eigenvalue weighted by molar-refractivity contribution is 8.14. The van der Waals surface area contributed by atoms with Gasteiger partial charge in [0.05, 0.1) is 0 Å². The molecule has 0 bridgehead atoms. The van der Waals surface area contributed by atoms with Crippen molar-refractivity contribution in [1.29, 1.82) is 0 Å². The van der Waals surface area contributed by atoms with E-state index in [2.05, 4.69) is 12.2 Å². The van der Waals surface area contributed by atoms with Gasteiger partial charge in [0.2, 0.25) is 0 Å². The largest absolute Gasteiger partial charge is 0.481 e. The van der Waals surface area contributed by atoms with Gasteiger partial charge in [-0.1, -0.05) is 35.6 Å². The van der Waals surface area contributed by atoms with Crippen LogP contribution in [0.5, 0.6) is 0 Å². The van der Waals surface area contributed by atoms with Crippen LogP contribution in [0.2, 0.25) is 0 Å². The van der Waals surface area contributed by atoms with Gasteiger partial charge in [-0.25, -0.2) is 0 Å². The van der Waals surface area contributed by atoms with E-state index in [9.17, 15) is 9.59 Å². The molecule has 0 aromatic rings. The number of rotatable bonds is 10. The zero-order chi connectivity index (χ0) is 17.9. The molecule has 1 aliphatic rings. The Morgan fingerprint density at radius 3 is 2.67 bits per heavy atom. The van der Waals surface area contributed by atoms with Crippen LogP contribution < -0.4 is 0 Å². The fourth-order valence-electron chi connectivity index (χ4n) is 3.00. The summed E-state index contributed by atoms with van der Waals surface area (Å²) < 4.78 is 11.0. The Hall–Kier alpha value is -1.11. The van der Waals surface area contributed by atoms with Crippen molar-refractivity contribution in [3.63, 3.8) is 0 Å². The zero-order valence-corrected chi connectivity index (χ0v) is 15.5. The first kappa shape index (κ1) is 20.9. The number of aliphatic carboxylic acids is 1. The number of unbranched alkanes of at least 4 members (excludes halogenated alkanes) is 1. The molecule has 0 radical (unpaired) electrons. The third-order valence-corrected chi connectivity index (χ3v) is 5.21. The molecule has 0 fully saturated rings. The monoisotopic (exact) mass is 356 g/mol. The molecule has 0 unspecified atom stereocenters. The lowest BCUT2D eigenvalue weighted by molar-refractivity contribution is -0.137. The Labute approximate surface area is 148 Å². The van der Waals surface area contributed by atoms with E-state index < -0.39 is 5.97 Å². The Morgan fingerprint density at radius 1 is 1.38 bits per heavy atom. The molecule has 0 spiro atoms. The van der Waals surface area contributed by atoms with Crippen molar-refractivity contribution in [2.45, 2.75) is 57.0 Å². The molecular formula is C18H28O5S. The Bertz CT molecular complexity index is 468. The van der Waals surface area contributed by atoms with E-state index in [1.807, 2.05) is 6.08 Å². The summed E-state index contributed by atoms with van der Waals surface area (Å²) in [6.45, 7) is 1.59. The molecular weight excluding hydrogens is 328 g/mol. The van der Waals surface area contributed by atoms with Crippen LogP contribution in [0, 0.1) is 5.92 Å². The van der Waals surface area contributed by atoms with E-state index in [1.165, 1.54) is 17.3 Å². The van der Waals surface area contributed by atoms with Crippen molar-refractivity contribution in [3.05, 3.63) is 23.8 Å². The van der Waals surface area contributed by atoms with E-state index in [0.29, 0.717) is 6.42 Å². The van der Waals surface area contributed by atoms with E-state index >= 15 is 0 Å². The molecule has 24 heavy (non-hydrogen) atoms. The number of thioether (sulfide) groups is 1. The van der Waals surface area contributed by atoms with Crippen LogP contribution in [-0.2, 0) is 19.1 Å². The molecule has 5 nitrogen and oxygen atoms in total. The van der Waals surface area contributed by atoms with Crippen molar-refractivity contribution >= 4 is 22.8 Å². The molecule has 0 aliphatic heterocycles. The minimum Gasteiger partial charge on any atom is -0.481 e. The first-order valence-corrected chi connectivity index (χ1v) is 9.16. The van der Waals surface area contributed by atoms with Crippen molar-refractivity contribution in [2.75, 3.05) is 14.2 Å². The number of carbonyl (C=O) groups is 2. The minimum atomic E-state index is -0.759. The second-order valence-electron chi connectivity index (χ2n) is 5.83. The molecule has 0 aromatic carbocycles. The van der Waals surface area contributed by atoms with Gasteiger partial charge in [-0.2, -0.15) is 0 Å². The molecule has 2 atom stereocenters. The van der Waals surface area contributed by atoms with E-state index in [1.54, 1.807) is 21.1 Å². The first-order valence-electron chi connectivity index (χ1n) is 8.28. The number of carboxylic acid groups (broad SMARTS) is 1. The highest BCUT2D eigenvalue weighted by Crippen LogP contribution is 2.39. The standard InChI is InChI=1S/C18H28O5S/c1-13(19)24-15-11-8-10-14(17(15)18(22-2)23-3)9-6-4-5-7-12-16(20)21/h4,6,10,15,17-18H,5,7-9,11-12H2,1-3H3,(H,20,21)/b6-4-/t15-,17+/m1/s1. The maximum absolute atomic E-state index is 11.6. The Balaban J connectivity index is 2.70. The van der Waals surface area contributed by atoms with Crippen LogP contribution in [0.25, 0.3) is 0 Å². The van der Waals surface area contributed by atoms with Gasteiger partial charge in [-0.15, -0.1) is 0 Å². The normalized spacial score (nSPS) is 21.2. The number of methoxy groups -OCH3 is 2. The number of allylic oxidation sites excluding steroid dienone is 3. The quantitative estimate of drug-likeness (QED) is 0.365. The van der Waals surface area contributed by atoms with Gasteiger partial charge in [0.25, 0.3) is 0 Å². The summed E-state index contributed by atoms with van der Waals surface area (Å²) in [5, 5.41) is 8.91. The highest BCUT2D eigenvalue weighted by atomic mass is 32.2. The lowest BCUT2D eigenvalue weighted by Gasteiger charge is -2.35. The predicted octanol–water partition coefficient (Wildman–Crippen LogP) is 3.79. The van der Waals surface area contributed by atoms with Gasteiger partial charge in [0.1, 0.15) is 0 Å². The Kier molecular flexibility index (Phi) is 9.98. The lowest BCUT2D eigenvalue weighted by atomic mass is 9.84. The summed E-state index contributed by atoms with van der Waals surface area (Å²) in [7, 11) is 3.25. The highest BCUT2D eigenvalue weighted by Gasteiger charge is 2.35. The third kappa shape index (κ3) is 7.20. The SMILES string of the molecule is COC(OC)[C@H]1C(C/C=C\CCCC(=O)O)=CCC[C@H]1SC(C)=O. The molecule has 136 valence electrons. The van der Waals surface area contributed by atoms with Gasteiger partial charge in [-0.05, 0) is 32.1 Å². The van der Waals surface area contributed by atoms with Crippen molar-refractivity contribution < 1.29 is 24.2 Å². The maximum atomic E-state index is 11.6. The molecule has 1 N–H and O–H groups in total. The van der Waals surface area contributed by atoms with Crippen LogP contribution in [0.3, 0.4) is 0 Å². The van der Waals surface area contributed by atoms with Crippen molar-refractivity contribution in [2.24, 2.45) is 5.92 Å². The fraction of sp³-hybridized carbons (Fsp3) is 0.667. The molecule has 6 heteroatoms. The van der Waals surface area contributed by atoms with E-state index in [-0.39, 0.29) is 29.0 Å². The van der Waals surface area contributed by atoms with E-state index in [0.717, 1.165) is 25.7 Å². The molecule has 0 aromatic heterocycles. The summed E-state index contributed by atoms with van der Waals surface area (Å²) in [5.74, 6) is -0.711. The van der Waals surface area contributed by atoms with Gasteiger partial charge >= 0.3 is 5.97 Å². The van der Waals surface area contributed by atoms with Crippen LogP contribution in [0.4, 0.5) is 0 Å². The lowest BCUT2D eigenvalue weighted by Crippen LogP contribution is -2.36.